The van der Waals surface area contributed by atoms with Crippen molar-refractivity contribution in [3.63, 3.8) is 0 Å². The first-order valence-corrected chi connectivity index (χ1v) is 9.19. The molecule has 2 N–H and O–H groups in total. The molecule has 0 radical (unpaired) electrons. The molecule has 1 heterocycles. The summed E-state index contributed by atoms with van der Waals surface area (Å²) in [4.78, 5) is 1.97. The summed E-state index contributed by atoms with van der Waals surface area (Å²) in [6, 6.07) is 4.44. The smallest absolute Gasteiger partial charge is 0.241 e. The SMILES string of the molecule is Cc1cc(C)c(S(=O)(=O)NCC[C@H]2CCC[NH+]2C)c(C)c1. The normalized spacial score (nSPS) is 22.7. The number of sulfonamides is 1. The Hall–Kier alpha value is -0.910. The summed E-state index contributed by atoms with van der Waals surface area (Å²) in [5.74, 6) is 0. The van der Waals surface area contributed by atoms with Crippen LogP contribution in [-0.4, -0.2) is 34.6 Å². The van der Waals surface area contributed by atoms with Crippen LogP contribution in [0.3, 0.4) is 0 Å². The monoisotopic (exact) mass is 311 g/mol. The zero-order valence-corrected chi connectivity index (χ0v) is 14.3. The number of likely N-dealkylation sites (tertiary alicyclic amines) is 1. The van der Waals surface area contributed by atoms with E-state index in [1.54, 1.807) is 0 Å². The van der Waals surface area contributed by atoms with Crippen molar-refractivity contribution in [2.75, 3.05) is 20.1 Å². The molecule has 4 nitrogen and oxygen atoms in total. The van der Waals surface area contributed by atoms with E-state index in [4.69, 9.17) is 0 Å². The lowest BCUT2D eigenvalue weighted by Gasteiger charge is -2.17. The summed E-state index contributed by atoms with van der Waals surface area (Å²) in [6.07, 6.45) is 3.37. The predicted molar refractivity (Wildman–Crippen MR) is 85.2 cm³/mol. The Morgan fingerprint density at radius 1 is 1.24 bits per heavy atom. The van der Waals surface area contributed by atoms with Crippen LogP contribution >= 0.6 is 0 Å². The molecule has 0 spiro atoms. The average Bonchev–Trinajstić information content (AvgIpc) is 2.73. The summed E-state index contributed by atoms with van der Waals surface area (Å²) in [5, 5.41) is 0. The fraction of sp³-hybridized carbons (Fsp3) is 0.625. The van der Waals surface area contributed by atoms with E-state index in [9.17, 15) is 8.42 Å². The molecule has 5 heteroatoms. The van der Waals surface area contributed by atoms with Gasteiger partial charge in [0.1, 0.15) is 0 Å². The van der Waals surface area contributed by atoms with Crippen LogP contribution < -0.4 is 9.62 Å². The van der Waals surface area contributed by atoms with E-state index in [1.165, 1.54) is 24.3 Å². The zero-order chi connectivity index (χ0) is 15.6. The van der Waals surface area contributed by atoms with E-state index in [1.807, 2.05) is 32.9 Å². The van der Waals surface area contributed by atoms with Crippen LogP contribution in [-0.2, 0) is 10.0 Å². The maximum absolute atomic E-state index is 12.5. The molecule has 0 aromatic heterocycles. The van der Waals surface area contributed by atoms with Gasteiger partial charge in [-0.3, -0.25) is 0 Å². The van der Waals surface area contributed by atoms with Crippen molar-refractivity contribution < 1.29 is 13.3 Å². The van der Waals surface area contributed by atoms with Gasteiger partial charge in [0.05, 0.1) is 24.5 Å². The third-order valence-electron chi connectivity index (χ3n) is 4.48. The Labute approximate surface area is 128 Å². The van der Waals surface area contributed by atoms with Crippen molar-refractivity contribution in [3.05, 3.63) is 28.8 Å². The highest BCUT2D eigenvalue weighted by atomic mass is 32.2. The lowest BCUT2D eigenvalue weighted by molar-refractivity contribution is -0.892. The maximum Gasteiger partial charge on any atom is 0.241 e. The van der Waals surface area contributed by atoms with Gasteiger partial charge >= 0.3 is 0 Å². The van der Waals surface area contributed by atoms with Crippen molar-refractivity contribution in [2.45, 2.75) is 51.0 Å². The van der Waals surface area contributed by atoms with Crippen LogP contribution in [0.4, 0.5) is 0 Å². The van der Waals surface area contributed by atoms with E-state index in [-0.39, 0.29) is 0 Å². The fourth-order valence-corrected chi connectivity index (χ4v) is 5.00. The summed E-state index contributed by atoms with van der Waals surface area (Å²) in [5.41, 5.74) is 2.74. The van der Waals surface area contributed by atoms with Gasteiger partial charge in [-0.2, -0.15) is 0 Å². The Morgan fingerprint density at radius 3 is 2.38 bits per heavy atom. The minimum atomic E-state index is -3.41. The third kappa shape index (κ3) is 3.84. The highest BCUT2D eigenvalue weighted by molar-refractivity contribution is 7.89. The molecule has 1 aliphatic rings. The summed E-state index contributed by atoms with van der Waals surface area (Å²) in [7, 11) is -1.21. The summed E-state index contributed by atoms with van der Waals surface area (Å²) in [6.45, 7) is 7.44. The molecular formula is C16H27N2O2S+. The topological polar surface area (TPSA) is 50.6 Å². The molecule has 1 aromatic rings. The molecule has 118 valence electrons. The van der Waals surface area contributed by atoms with Crippen molar-refractivity contribution in [1.82, 2.24) is 4.72 Å². The van der Waals surface area contributed by atoms with Crippen LogP contribution in [0.15, 0.2) is 17.0 Å². The molecule has 0 bridgehead atoms. The number of hydrogen-bond donors (Lipinski definition) is 2. The predicted octanol–water partition coefficient (Wildman–Crippen LogP) is 0.957. The quantitative estimate of drug-likeness (QED) is 0.851. The van der Waals surface area contributed by atoms with Crippen molar-refractivity contribution in [3.8, 4) is 0 Å². The first-order chi connectivity index (χ1) is 9.81. The van der Waals surface area contributed by atoms with Gasteiger partial charge in [0, 0.05) is 25.8 Å². The maximum atomic E-state index is 12.5. The van der Waals surface area contributed by atoms with E-state index >= 15 is 0 Å². The Balaban J connectivity index is 2.05. The number of quaternary nitrogens is 1. The Morgan fingerprint density at radius 2 is 1.86 bits per heavy atom. The van der Waals surface area contributed by atoms with Crippen LogP contribution in [0.25, 0.3) is 0 Å². The van der Waals surface area contributed by atoms with Crippen molar-refractivity contribution in [1.29, 1.82) is 0 Å². The van der Waals surface area contributed by atoms with Gasteiger partial charge in [0.2, 0.25) is 10.0 Å². The van der Waals surface area contributed by atoms with Gasteiger partial charge in [-0.1, -0.05) is 17.7 Å². The minimum absolute atomic E-state index is 0.445. The third-order valence-corrected chi connectivity index (χ3v) is 6.24. The number of hydrogen-bond acceptors (Lipinski definition) is 2. The largest absolute Gasteiger partial charge is 0.335 e. The molecule has 0 aliphatic carbocycles. The van der Waals surface area contributed by atoms with Gasteiger partial charge in [-0.25, -0.2) is 13.1 Å². The highest BCUT2D eigenvalue weighted by Crippen LogP contribution is 2.21. The second-order valence-electron chi connectivity index (χ2n) is 6.35. The van der Waals surface area contributed by atoms with E-state index < -0.39 is 10.0 Å². The fourth-order valence-electron chi connectivity index (χ4n) is 3.50. The molecule has 1 saturated heterocycles. The summed E-state index contributed by atoms with van der Waals surface area (Å²) < 4.78 is 27.8. The van der Waals surface area contributed by atoms with Gasteiger partial charge < -0.3 is 4.90 Å². The second-order valence-corrected chi connectivity index (χ2v) is 8.05. The molecule has 0 amide bonds. The van der Waals surface area contributed by atoms with Crippen LogP contribution in [0.1, 0.15) is 36.0 Å². The van der Waals surface area contributed by atoms with Gasteiger partial charge in [-0.15, -0.1) is 0 Å². The van der Waals surface area contributed by atoms with E-state index in [0.29, 0.717) is 17.5 Å². The number of benzene rings is 1. The molecule has 1 aromatic carbocycles. The molecule has 1 aliphatic heterocycles. The second kappa shape index (κ2) is 6.46. The van der Waals surface area contributed by atoms with Crippen LogP contribution in [0.5, 0.6) is 0 Å². The molecular weight excluding hydrogens is 284 g/mol. The molecule has 2 atom stereocenters. The lowest BCUT2D eigenvalue weighted by Crippen LogP contribution is -3.10. The van der Waals surface area contributed by atoms with Gasteiger partial charge in [0.25, 0.3) is 0 Å². The van der Waals surface area contributed by atoms with Gasteiger partial charge in [-0.05, 0) is 31.9 Å². The Kier molecular flexibility index (Phi) is 5.07. The molecule has 1 unspecified atom stereocenters. The van der Waals surface area contributed by atoms with Crippen molar-refractivity contribution >= 4 is 10.0 Å². The highest BCUT2D eigenvalue weighted by Gasteiger charge is 2.26. The first-order valence-electron chi connectivity index (χ1n) is 7.71. The first kappa shape index (κ1) is 16.5. The molecule has 2 rings (SSSR count). The molecule has 0 saturated carbocycles. The number of aryl methyl sites for hydroxylation is 3. The minimum Gasteiger partial charge on any atom is -0.335 e. The average molecular weight is 311 g/mol. The number of nitrogens with one attached hydrogen (secondary N) is 2. The molecule has 1 fully saturated rings. The standard InChI is InChI=1S/C16H26N2O2S/c1-12-10-13(2)16(14(3)11-12)21(19,20)17-8-7-15-6-5-9-18(15)4/h10-11,15,17H,5-9H2,1-4H3/p+1/t15-/m1/s1. The zero-order valence-electron chi connectivity index (χ0n) is 13.5. The van der Waals surface area contributed by atoms with Crippen LogP contribution in [0.2, 0.25) is 0 Å². The lowest BCUT2D eigenvalue weighted by atomic mass is 10.1. The van der Waals surface area contributed by atoms with Crippen LogP contribution in [0, 0.1) is 20.8 Å². The van der Waals surface area contributed by atoms with Crippen molar-refractivity contribution in [2.24, 2.45) is 0 Å². The number of rotatable bonds is 5. The summed E-state index contributed by atoms with van der Waals surface area (Å²) >= 11 is 0. The Bertz CT molecular complexity index is 588. The molecule has 21 heavy (non-hydrogen) atoms. The van der Waals surface area contributed by atoms with E-state index in [0.717, 1.165) is 23.1 Å². The van der Waals surface area contributed by atoms with Gasteiger partial charge in [0.15, 0.2) is 0 Å². The van der Waals surface area contributed by atoms with E-state index in [2.05, 4.69) is 11.8 Å².